The van der Waals surface area contributed by atoms with Crippen LogP contribution >= 0.6 is 11.8 Å². The second-order valence-corrected chi connectivity index (χ2v) is 7.86. The molecule has 1 atom stereocenters. The Morgan fingerprint density at radius 1 is 1.33 bits per heavy atom. The first-order valence-corrected chi connectivity index (χ1v) is 9.99. The Balaban J connectivity index is 3.00. The van der Waals surface area contributed by atoms with Crippen molar-refractivity contribution in [2.24, 2.45) is 5.73 Å². The molecule has 0 aliphatic heterocycles. The Morgan fingerprint density at radius 2 is 2.00 bits per heavy atom. The average molecular weight is 374 g/mol. The number of rotatable bonds is 8. The summed E-state index contributed by atoms with van der Waals surface area (Å²) in [7, 11) is -2.32. The summed E-state index contributed by atoms with van der Waals surface area (Å²) in [6.07, 6.45) is 2.29. The summed E-state index contributed by atoms with van der Waals surface area (Å²) in [6.45, 7) is 1.66. The molecular formula is C14H22N4O4S2. The first-order chi connectivity index (χ1) is 11.2. The number of thioether (sulfide) groups is 1. The Kier molecular flexibility index (Phi) is 7.52. The number of amides is 3. The summed E-state index contributed by atoms with van der Waals surface area (Å²) >= 11 is 1.53. The van der Waals surface area contributed by atoms with Crippen molar-refractivity contribution >= 4 is 39.4 Å². The molecule has 0 spiro atoms. The van der Waals surface area contributed by atoms with Crippen LogP contribution in [0.1, 0.15) is 12.0 Å². The van der Waals surface area contributed by atoms with E-state index in [9.17, 15) is 18.0 Å². The van der Waals surface area contributed by atoms with E-state index in [1.807, 2.05) is 6.26 Å². The smallest absolute Gasteiger partial charge is 0.312 e. The maximum atomic E-state index is 12.3. The van der Waals surface area contributed by atoms with Crippen molar-refractivity contribution in [3.05, 3.63) is 23.8 Å². The van der Waals surface area contributed by atoms with E-state index in [4.69, 9.17) is 5.73 Å². The van der Waals surface area contributed by atoms with Gasteiger partial charge in [-0.2, -0.15) is 11.8 Å². The topological polar surface area (TPSA) is 130 Å². The first kappa shape index (κ1) is 20.3. The van der Waals surface area contributed by atoms with Crippen LogP contribution in [-0.4, -0.2) is 45.5 Å². The molecule has 24 heavy (non-hydrogen) atoms. The van der Waals surface area contributed by atoms with E-state index < -0.39 is 28.0 Å². The minimum absolute atomic E-state index is 0.0753. The number of primary amides is 1. The number of sulfonamides is 1. The van der Waals surface area contributed by atoms with Crippen LogP contribution < -0.4 is 21.1 Å². The Hall–Kier alpha value is -1.78. The van der Waals surface area contributed by atoms with Crippen molar-refractivity contribution in [2.45, 2.75) is 24.3 Å². The number of nitrogens with one attached hydrogen (secondary N) is 3. The van der Waals surface area contributed by atoms with Gasteiger partial charge in [0.15, 0.2) is 0 Å². The summed E-state index contributed by atoms with van der Waals surface area (Å²) in [4.78, 5) is 23.4. The zero-order valence-corrected chi connectivity index (χ0v) is 15.4. The molecule has 0 saturated heterocycles. The Morgan fingerprint density at radius 3 is 2.54 bits per heavy atom. The van der Waals surface area contributed by atoms with Crippen LogP contribution in [0.3, 0.4) is 0 Å². The van der Waals surface area contributed by atoms with Crippen LogP contribution in [-0.2, 0) is 14.8 Å². The fourth-order valence-corrected chi connectivity index (χ4v) is 3.45. The third kappa shape index (κ3) is 5.69. The lowest BCUT2D eigenvalue weighted by molar-refractivity contribution is -0.117. The van der Waals surface area contributed by atoms with Crippen LogP contribution in [0.25, 0.3) is 0 Å². The van der Waals surface area contributed by atoms with Crippen molar-refractivity contribution in [3.8, 4) is 0 Å². The number of hydrogen-bond acceptors (Lipinski definition) is 5. The molecule has 3 amide bonds. The van der Waals surface area contributed by atoms with Crippen molar-refractivity contribution in [1.82, 2.24) is 10.0 Å². The maximum absolute atomic E-state index is 12.3. The maximum Gasteiger partial charge on any atom is 0.312 e. The minimum atomic E-state index is -3.63. The Labute approximate surface area is 146 Å². The lowest BCUT2D eigenvalue weighted by Gasteiger charge is -2.17. The lowest BCUT2D eigenvalue weighted by Crippen LogP contribution is -2.46. The van der Waals surface area contributed by atoms with Gasteiger partial charge in [0.1, 0.15) is 6.04 Å². The van der Waals surface area contributed by atoms with Crippen LogP contribution in [0.5, 0.6) is 0 Å². The van der Waals surface area contributed by atoms with Crippen LogP contribution in [0.2, 0.25) is 0 Å². The minimum Gasteiger partial charge on any atom is -0.352 e. The van der Waals surface area contributed by atoms with E-state index in [2.05, 4.69) is 15.4 Å². The van der Waals surface area contributed by atoms with Gasteiger partial charge in [0.25, 0.3) is 0 Å². The van der Waals surface area contributed by atoms with Gasteiger partial charge >= 0.3 is 6.03 Å². The molecule has 0 radical (unpaired) electrons. The highest BCUT2D eigenvalue weighted by atomic mass is 32.2. The second-order valence-electron chi connectivity index (χ2n) is 5.02. The molecule has 1 rings (SSSR count). The Bertz CT molecular complexity index is 707. The highest BCUT2D eigenvalue weighted by Crippen LogP contribution is 2.20. The molecule has 0 unspecified atom stereocenters. The number of anilines is 1. The van der Waals surface area contributed by atoms with Crippen LogP contribution in [0.15, 0.2) is 23.1 Å². The summed E-state index contributed by atoms with van der Waals surface area (Å²) in [5.74, 6) is 0.200. The molecule has 0 heterocycles. The van der Waals surface area contributed by atoms with Gasteiger partial charge in [-0.3, -0.25) is 4.79 Å². The summed E-state index contributed by atoms with van der Waals surface area (Å²) < 4.78 is 26.2. The van der Waals surface area contributed by atoms with Crippen molar-refractivity contribution in [1.29, 1.82) is 0 Å². The number of aryl methyl sites for hydroxylation is 1. The monoisotopic (exact) mass is 374 g/mol. The van der Waals surface area contributed by atoms with Crippen LogP contribution in [0, 0.1) is 6.92 Å². The van der Waals surface area contributed by atoms with Gasteiger partial charge in [-0.15, -0.1) is 0 Å². The fourth-order valence-electron chi connectivity index (χ4n) is 1.98. The van der Waals surface area contributed by atoms with Crippen molar-refractivity contribution < 1.29 is 18.0 Å². The van der Waals surface area contributed by atoms with E-state index in [0.717, 1.165) is 0 Å². The molecule has 0 aromatic heterocycles. The van der Waals surface area contributed by atoms with E-state index in [0.29, 0.717) is 23.4 Å². The molecule has 5 N–H and O–H groups in total. The van der Waals surface area contributed by atoms with Gasteiger partial charge in [0, 0.05) is 5.69 Å². The van der Waals surface area contributed by atoms with Crippen molar-refractivity contribution in [2.75, 3.05) is 24.4 Å². The lowest BCUT2D eigenvalue weighted by atomic mass is 10.2. The second kappa shape index (κ2) is 8.90. The molecule has 1 aromatic carbocycles. The number of carbonyl (C=O) groups is 2. The number of carbonyl (C=O) groups excluding carboxylic acids is 2. The summed E-state index contributed by atoms with van der Waals surface area (Å²) in [5.41, 5.74) is 5.96. The SMILES string of the molecule is CNS(=O)(=O)c1cc(NC(=O)[C@H](CCSC)NC(N)=O)ccc1C. The van der Waals surface area contributed by atoms with Crippen LogP contribution in [0.4, 0.5) is 10.5 Å². The molecule has 0 aliphatic carbocycles. The predicted octanol–water partition coefficient (Wildman–Crippen LogP) is 0.632. The molecule has 0 bridgehead atoms. The quantitative estimate of drug-likeness (QED) is 0.530. The van der Waals surface area contributed by atoms with Gasteiger partial charge in [0.05, 0.1) is 4.90 Å². The number of benzene rings is 1. The molecule has 0 saturated carbocycles. The van der Waals surface area contributed by atoms with E-state index in [1.165, 1.54) is 24.9 Å². The fraction of sp³-hybridized carbons (Fsp3) is 0.429. The van der Waals surface area contributed by atoms with Crippen molar-refractivity contribution in [3.63, 3.8) is 0 Å². The third-order valence-electron chi connectivity index (χ3n) is 3.26. The molecule has 1 aromatic rings. The first-order valence-electron chi connectivity index (χ1n) is 7.11. The molecule has 10 heteroatoms. The molecule has 134 valence electrons. The normalized spacial score (nSPS) is 12.5. The molecule has 8 nitrogen and oxygen atoms in total. The highest BCUT2D eigenvalue weighted by molar-refractivity contribution is 7.98. The van der Waals surface area contributed by atoms with Gasteiger partial charge in [-0.1, -0.05) is 6.07 Å². The third-order valence-corrected chi connectivity index (χ3v) is 5.46. The van der Waals surface area contributed by atoms with Gasteiger partial charge in [-0.25, -0.2) is 17.9 Å². The number of hydrogen-bond donors (Lipinski definition) is 4. The zero-order chi connectivity index (χ0) is 18.3. The van der Waals surface area contributed by atoms with E-state index in [-0.39, 0.29) is 4.90 Å². The number of urea groups is 1. The highest BCUT2D eigenvalue weighted by Gasteiger charge is 2.21. The standard InChI is InChI=1S/C14H22N4O4S2/c1-9-4-5-10(8-12(9)24(21,22)16-2)17-13(19)11(6-7-23-3)18-14(15)20/h4-5,8,11,16H,6-7H2,1-3H3,(H,17,19)(H3,15,18,20)/t11-/m0/s1. The van der Waals surface area contributed by atoms with Gasteiger partial charge < -0.3 is 16.4 Å². The van der Waals surface area contributed by atoms with Gasteiger partial charge in [0.2, 0.25) is 15.9 Å². The molecule has 0 aliphatic rings. The number of nitrogens with two attached hydrogens (primary N) is 1. The molecular weight excluding hydrogens is 352 g/mol. The van der Waals surface area contributed by atoms with Gasteiger partial charge in [-0.05, 0) is 50.1 Å². The zero-order valence-electron chi connectivity index (χ0n) is 13.8. The summed E-state index contributed by atoms with van der Waals surface area (Å²) in [5, 5.41) is 4.99. The predicted molar refractivity (Wildman–Crippen MR) is 95.6 cm³/mol. The van der Waals surface area contributed by atoms with E-state index in [1.54, 1.807) is 19.1 Å². The summed E-state index contributed by atoms with van der Waals surface area (Å²) in [6, 6.07) is 2.98. The largest absolute Gasteiger partial charge is 0.352 e. The van der Waals surface area contributed by atoms with E-state index >= 15 is 0 Å². The average Bonchev–Trinajstić information content (AvgIpc) is 2.52. The molecule has 0 fully saturated rings.